The minimum absolute atomic E-state index is 0.0490. The number of alkyl halides is 1. The van der Waals surface area contributed by atoms with E-state index in [1.54, 1.807) is 7.11 Å². The molecule has 0 bridgehead atoms. The van der Waals surface area contributed by atoms with Crippen LogP contribution in [0.4, 0.5) is 0 Å². The maximum atomic E-state index is 11.8. The summed E-state index contributed by atoms with van der Waals surface area (Å²) in [6.45, 7) is 0. The van der Waals surface area contributed by atoms with Gasteiger partial charge in [0, 0.05) is 5.92 Å². The summed E-state index contributed by atoms with van der Waals surface area (Å²) >= 11 is 3.48. The first kappa shape index (κ1) is 11.6. The minimum atomic E-state index is -0.0490. The lowest BCUT2D eigenvalue weighted by atomic mass is 10.1. The number of carbonyl (C=O) groups excluding carboxylic acids is 1. The molecule has 0 amide bonds. The smallest absolute Gasteiger partial charge is 0.149 e. The summed E-state index contributed by atoms with van der Waals surface area (Å²) in [6, 6.07) is 7.87. The Bertz CT molecular complexity index is 385. The third-order valence-electron chi connectivity index (χ3n) is 2.84. The van der Waals surface area contributed by atoms with Gasteiger partial charge in [0.05, 0.1) is 11.9 Å². The molecular weight excluding hydrogens is 268 g/mol. The number of ether oxygens (including phenoxy) is 1. The summed E-state index contributed by atoms with van der Waals surface area (Å²) in [5.41, 5.74) is 1.13. The SMILES string of the molecule is COc1cccc(CC(Br)C(=O)C2CC2)c1. The van der Waals surface area contributed by atoms with Crippen LogP contribution >= 0.6 is 15.9 Å². The molecule has 1 fully saturated rings. The quantitative estimate of drug-likeness (QED) is 0.776. The van der Waals surface area contributed by atoms with Crippen molar-refractivity contribution < 1.29 is 9.53 Å². The van der Waals surface area contributed by atoms with Crippen LogP contribution in [0.5, 0.6) is 5.75 Å². The van der Waals surface area contributed by atoms with Gasteiger partial charge >= 0.3 is 0 Å². The van der Waals surface area contributed by atoms with Crippen molar-refractivity contribution in [3.05, 3.63) is 29.8 Å². The van der Waals surface area contributed by atoms with Crippen molar-refractivity contribution in [3.8, 4) is 5.75 Å². The largest absolute Gasteiger partial charge is 0.497 e. The molecule has 0 N–H and O–H groups in total. The number of methoxy groups -OCH3 is 1. The molecule has 86 valence electrons. The van der Waals surface area contributed by atoms with Crippen molar-refractivity contribution in [2.75, 3.05) is 7.11 Å². The van der Waals surface area contributed by atoms with Crippen LogP contribution in [0.1, 0.15) is 18.4 Å². The topological polar surface area (TPSA) is 26.3 Å². The minimum Gasteiger partial charge on any atom is -0.497 e. The molecule has 1 aliphatic carbocycles. The van der Waals surface area contributed by atoms with Crippen LogP contribution in [0.3, 0.4) is 0 Å². The molecule has 0 aliphatic heterocycles. The van der Waals surface area contributed by atoms with Gasteiger partial charge in [-0.3, -0.25) is 4.79 Å². The molecule has 1 unspecified atom stereocenters. The van der Waals surface area contributed by atoms with Crippen LogP contribution in [-0.4, -0.2) is 17.7 Å². The maximum Gasteiger partial charge on any atom is 0.149 e. The number of halogens is 1. The van der Waals surface area contributed by atoms with Crippen molar-refractivity contribution in [3.63, 3.8) is 0 Å². The zero-order valence-corrected chi connectivity index (χ0v) is 10.9. The fourth-order valence-electron chi connectivity index (χ4n) is 1.73. The van der Waals surface area contributed by atoms with E-state index in [0.29, 0.717) is 11.7 Å². The third-order valence-corrected chi connectivity index (χ3v) is 3.61. The van der Waals surface area contributed by atoms with Crippen LogP contribution < -0.4 is 4.74 Å². The average molecular weight is 283 g/mol. The van der Waals surface area contributed by atoms with E-state index in [-0.39, 0.29) is 4.83 Å². The number of carbonyl (C=O) groups is 1. The fourth-order valence-corrected chi connectivity index (χ4v) is 2.48. The zero-order valence-electron chi connectivity index (χ0n) is 9.28. The van der Waals surface area contributed by atoms with Crippen molar-refractivity contribution in [1.29, 1.82) is 0 Å². The first-order valence-electron chi connectivity index (χ1n) is 5.51. The highest BCUT2D eigenvalue weighted by atomic mass is 79.9. The van der Waals surface area contributed by atoms with E-state index in [1.807, 2.05) is 24.3 Å². The van der Waals surface area contributed by atoms with E-state index in [4.69, 9.17) is 4.74 Å². The second-order valence-corrected chi connectivity index (χ2v) is 5.31. The van der Waals surface area contributed by atoms with Crippen LogP contribution in [-0.2, 0) is 11.2 Å². The van der Waals surface area contributed by atoms with Gasteiger partial charge in [-0.05, 0) is 37.0 Å². The molecule has 0 spiro atoms. The Hall–Kier alpha value is -0.830. The normalized spacial score (nSPS) is 16.9. The summed E-state index contributed by atoms with van der Waals surface area (Å²) in [4.78, 5) is 11.7. The highest BCUT2D eigenvalue weighted by molar-refractivity contribution is 9.10. The molecule has 1 aliphatic rings. The van der Waals surface area contributed by atoms with Gasteiger partial charge in [-0.2, -0.15) is 0 Å². The van der Waals surface area contributed by atoms with E-state index in [1.165, 1.54) is 0 Å². The molecule has 0 saturated heterocycles. The number of Topliss-reactive ketones (excluding diaryl/α,β-unsaturated/α-hetero) is 1. The highest BCUT2D eigenvalue weighted by Crippen LogP contribution is 2.33. The van der Waals surface area contributed by atoms with Gasteiger partial charge in [-0.15, -0.1) is 0 Å². The molecule has 0 aromatic heterocycles. The van der Waals surface area contributed by atoms with Gasteiger partial charge in [0.1, 0.15) is 11.5 Å². The van der Waals surface area contributed by atoms with Gasteiger partial charge in [0.2, 0.25) is 0 Å². The highest BCUT2D eigenvalue weighted by Gasteiger charge is 2.33. The van der Waals surface area contributed by atoms with Gasteiger partial charge in [0.15, 0.2) is 0 Å². The summed E-state index contributed by atoms with van der Waals surface area (Å²) < 4.78 is 5.16. The summed E-state index contributed by atoms with van der Waals surface area (Å²) in [7, 11) is 1.65. The number of hydrogen-bond acceptors (Lipinski definition) is 2. The Labute approximate surface area is 104 Å². The maximum absolute atomic E-state index is 11.8. The Morgan fingerprint density at radius 1 is 1.56 bits per heavy atom. The molecule has 3 heteroatoms. The van der Waals surface area contributed by atoms with Gasteiger partial charge < -0.3 is 4.74 Å². The predicted octanol–water partition coefficient (Wildman–Crippen LogP) is 2.98. The lowest BCUT2D eigenvalue weighted by Crippen LogP contribution is -2.18. The van der Waals surface area contributed by atoms with Crippen molar-refractivity contribution in [2.45, 2.75) is 24.1 Å². The first-order chi connectivity index (χ1) is 7.70. The molecule has 2 nitrogen and oxygen atoms in total. The van der Waals surface area contributed by atoms with E-state index < -0.39 is 0 Å². The second-order valence-electron chi connectivity index (χ2n) is 4.20. The third kappa shape index (κ3) is 2.85. The monoisotopic (exact) mass is 282 g/mol. The number of rotatable bonds is 5. The van der Waals surface area contributed by atoms with Crippen LogP contribution in [0, 0.1) is 5.92 Å². The standard InChI is InChI=1S/C13H15BrO2/c1-16-11-4-2-3-9(7-11)8-12(14)13(15)10-5-6-10/h2-4,7,10,12H,5-6,8H2,1H3. The van der Waals surface area contributed by atoms with Gasteiger partial charge in [-0.1, -0.05) is 28.1 Å². The summed E-state index contributed by atoms with van der Waals surface area (Å²) in [6.07, 6.45) is 2.88. The van der Waals surface area contributed by atoms with Gasteiger partial charge in [-0.25, -0.2) is 0 Å². The Kier molecular flexibility index (Phi) is 3.64. The molecule has 1 atom stereocenters. The van der Waals surface area contributed by atoms with Crippen LogP contribution in [0.25, 0.3) is 0 Å². The molecule has 1 saturated carbocycles. The molecule has 1 aromatic rings. The number of benzene rings is 1. The first-order valence-corrected chi connectivity index (χ1v) is 6.43. The lowest BCUT2D eigenvalue weighted by molar-refractivity contribution is -0.119. The second kappa shape index (κ2) is 5.00. The molecule has 0 heterocycles. The van der Waals surface area contributed by atoms with Crippen molar-refractivity contribution in [2.24, 2.45) is 5.92 Å². The summed E-state index contributed by atoms with van der Waals surface area (Å²) in [5.74, 6) is 1.51. The van der Waals surface area contributed by atoms with E-state index in [9.17, 15) is 4.79 Å². The zero-order chi connectivity index (χ0) is 11.5. The van der Waals surface area contributed by atoms with E-state index in [2.05, 4.69) is 15.9 Å². The fraction of sp³-hybridized carbons (Fsp3) is 0.462. The van der Waals surface area contributed by atoms with Crippen LogP contribution in [0.15, 0.2) is 24.3 Å². The van der Waals surface area contributed by atoms with E-state index in [0.717, 1.165) is 30.6 Å². The van der Waals surface area contributed by atoms with Crippen molar-refractivity contribution >= 4 is 21.7 Å². The predicted molar refractivity (Wildman–Crippen MR) is 67.1 cm³/mol. The Balaban J connectivity index is 1.99. The van der Waals surface area contributed by atoms with Crippen LogP contribution in [0.2, 0.25) is 0 Å². The molecule has 2 rings (SSSR count). The van der Waals surface area contributed by atoms with E-state index >= 15 is 0 Å². The van der Waals surface area contributed by atoms with Gasteiger partial charge in [0.25, 0.3) is 0 Å². The molecule has 16 heavy (non-hydrogen) atoms. The lowest BCUT2D eigenvalue weighted by Gasteiger charge is -2.09. The molecule has 0 radical (unpaired) electrons. The average Bonchev–Trinajstić information content (AvgIpc) is 3.12. The molecule has 1 aromatic carbocycles. The number of hydrogen-bond donors (Lipinski definition) is 0. The number of ketones is 1. The summed E-state index contributed by atoms with van der Waals surface area (Å²) in [5, 5.41) is 0. The van der Waals surface area contributed by atoms with Crippen molar-refractivity contribution in [1.82, 2.24) is 0 Å². The Morgan fingerprint density at radius 3 is 2.94 bits per heavy atom. The molecular formula is C13H15BrO2. The Morgan fingerprint density at radius 2 is 2.31 bits per heavy atom.